The fourth-order valence-electron chi connectivity index (χ4n) is 3.32. The molecule has 0 unspecified atom stereocenters. The molecule has 0 amide bonds. The maximum Gasteiger partial charge on any atom is 0.258 e. The summed E-state index contributed by atoms with van der Waals surface area (Å²) in [5, 5.41) is 0.709. The van der Waals surface area contributed by atoms with Crippen molar-refractivity contribution in [3.05, 3.63) is 52.6 Å². The molecule has 2 aromatic rings. The van der Waals surface area contributed by atoms with Crippen LogP contribution in [0.3, 0.4) is 0 Å². The second kappa shape index (κ2) is 7.14. The number of rotatable bonds is 6. The van der Waals surface area contributed by atoms with Crippen molar-refractivity contribution in [3.8, 4) is 11.3 Å². The number of hydrogen-bond donors (Lipinski definition) is 0. The van der Waals surface area contributed by atoms with E-state index in [1.165, 1.54) is 11.8 Å². The minimum atomic E-state index is -0.284. The molecule has 1 aliphatic rings. The number of thioether (sulfide) groups is 1. The quantitative estimate of drug-likeness (QED) is 0.344. The van der Waals surface area contributed by atoms with Crippen LogP contribution in [0.25, 0.3) is 11.3 Å². The van der Waals surface area contributed by atoms with E-state index in [4.69, 9.17) is 9.72 Å². The molecule has 0 radical (unpaired) electrons. The van der Waals surface area contributed by atoms with Gasteiger partial charge in [-0.1, -0.05) is 31.7 Å². The van der Waals surface area contributed by atoms with Gasteiger partial charge in [0.05, 0.1) is 12.3 Å². The highest BCUT2D eigenvalue weighted by Crippen LogP contribution is 2.40. The van der Waals surface area contributed by atoms with Gasteiger partial charge in [-0.3, -0.25) is 14.3 Å². The highest BCUT2D eigenvalue weighted by Gasteiger charge is 2.36. The third-order valence-corrected chi connectivity index (χ3v) is 5.37. The Morgan fingerprint density at radius 2 is 2.28 bits per heavy atom. The number of nitrogens with zero attached hydrogens (tertiary/aromatic N) is 3. The molecule has 2 aromatic heterocycles. The smallest absolute Gasteiger partial charge is 0.258 e. The highest BCUT2D eigenvalue weighted by atomic mass is 32.2. The van der Waals surface area contributed by atoms with E-state index in [0.29, 0.717) is 18.3 Å². The van der Waals surface area contributed by atoms with Crippen molar-refractivity contribution in [2.75, 3.05) is 19.5 Å². The van der Waals surface area contributed by atoms with Crippen LogP contribution >= 0.6 is 11.8 Å². The van der Waals surface area contributed by atoms with Gasteiger partial charge in [0, 0.05) is 48.3 Å². The van der Waals surface area contributed by atoms with E-state index in [-0.39, 0.29) is 11.0 Å². The number of fused-ring (bicyclic) bond motifs is 3. The maximum atomic E-state index is 13.3. The molecular weight excluding hydrogens is 334 g/mol. The van der Waals surface area contributed by atoms with Gasteiger partial charge in [0.2, 0.25) is 0 Å². The summed E-state index contributed by atoms with van der Waals surface area (Å²) in [4.78, 5) is 22.4. The molecule has 132 valence electrons. The van der Waals surface area contributed by atoms with Crippen molar-refractivity contribution in [1.82, 2.24) is 14.5 Å². The molecule has 0 fully saturated rings. The summed E-state index contributed by atoms with van der Waals surface area (Å²) >= 11 is 1.54. The minimum absolute atomic E-state index is 0.0253. The predicted molar refractivity (Wildman–Crippen MR) is 101 cm³/mol. The average Bonchev–Trinajstić information content (AvgIpc) is 2.57. The average molecular weight is 357 g/mol. The van der Waals surface area contributed by atoms with Gasteiger partial charge in [0.1, 0.15) is 0 Å². The Hall–Kier alpha value is -1.92. The lowest BCUT2D eigenvalue weighted by Crippen LogP contribution is -2.38. The molecule has 5 nitrogen and oxygen atoms in total. The maximum absolute atomic E-state index is 13.3. The van der Waals surface area contributed by atoms with E-state index in [1.54, 1.807) is 23.9 Å². The van der Waals surface area contributed by atoms with Gasteiger partial charge < -0.3 is 4.74 Å². The van der Waals surface area contributed by atoms with Crippen LogP contribution in [0.4, 0.5) is 0 Å². The zero-order valence-corrected chi connectivity index (χ0v) is 15.7. The third kappa shape index (κ3) is 3.28. The Kier molecular flexibility index (Phi) is 5.11. The zero-order chi connectivity index (χ0) is 18.0. The monoisotopic (exact) mass is 357 g/mol. The lowest BCUT2D eigenvalue weighted by molar-refractivity contribution is 0.218. The van der Waals surface area contributed by atoms with Gasteiger partial charge in [-0.15, -0.1) is 6.58 Å². The van der Waals surface area contributed by atoms with E-state index >= 15 is 0 Å². The van der Waals surface area contributed by atoms with Crippen molar-refractivity contribution in [1.29, 1.82) is 0 Å². The standard InChI is InChI=1S/C19H23N3O2S/c1-5-8-22-17(23)15-16(21-18(22)25-10-9-24-4)14-6-7-20-12-13(14)11-19(15,2)3/h5-7,12H,1,8-11H2,2-4H3. The van der Waals surface area contributed by atoms with Gasteiger partial charge in [0.15, 0.2) is 5.16 Å². The van der Waals surface area contributed by atoms with Crippen molar-refractivity contribution in [2.45, 2.75) is 37.4 Å². The van der Waals surface area contributed by atoms with Gasteiger partial charge in [-0.2, -0.15) is 0 Å². The Morgan fingerprint density at radius 3 is 3.00 bits per heavy atom. The summed E-state index contributed by atoms with van der Waals surface area (Å²) in [5.41, 5.74) is 3.47. The molecule has 2 heterocycles. The van der Waals surface area contributed by atoms with E-state index in [2.05, 4.69) is 25.4 Å². The first-order valence-corrected chi connectivity index (χ1v) is 9.29. The lowest BCUT2D eigenvalue weighted by atomic mass is 9.73. The molecule has 0 atom stereocenters. The Morgan fingerprint density at radius 1 is 1.48 bits per heavy atom. The molecule has 0 aromatic carbocycles. The molecule has 0 N–H and O–H groups in total. The van der Waals surface area contributed by atoms with Crippen molar-refractivity contribution in [2.24, 2.45) is 0 Å². The van der Waals surface area contributed by atoms with Gasteiger partial charge in [0.25, 0.3) is 5.56 Å². The van der Waals surface area contributed by atoms with Gasteiger partial charge >= 0.3 is 0 Å². The van der Waals surface area contributed by atoms with Crippen molar-refractivity contribution in [3.63, 3.8) is 0 Å². The Balaban J connectivity index is 2.23. The van der Waals surface area contributed by atoms with Crippen molar-refractivity contribution >= 4 is 11.8 Å². The molecule has 0 saturated heterocycles. The fraction of sp³-hybridized carbons (Fsp3) is 0.421. The van der Waals surface area contributed by atoms with Crippen LogP contribution in [0.2, 0.25) is 0 Å². The van der Waals surface area contributed by atoms with Crippen LogP contribution in [0, 0.1) is 0 Å². The van der Waals surface area contributed by atoms with Gasteiger partial charge in [-0.25, -0.2) is 4.98 Å². The lowest BCUT2D eigenvalue weighted by Gasteiger charge is -2.33. The first kappa shape index (κ1) is 17.9. The normalized spacial score (nSPS) is 14.7. The number of ether oxygens (including phenoxy) is 1. The van der Waals surface area contributed by atoms with Crippen LogP contribution < -0.4 is 5.56 Å². The van der Waals surface area contributed by atoms with E-state index < -0.39 is 0 Å². The van der Waals surface area contributed by atoms with Crippen LogP contribution in [0.5, 0.6) is 0 Å². The summed E-state index contributed by atoms with van der Waals surface area (Å²) < 4.78 is 6.85. The zero-order valence-electron chi connectivity index (χ0n) is 14.9. The van der Waals surface area contributed by atoms with Crippen LogP contribution in [0.15, 0.2) is 41.1 Å². The van der Waals surface area contributed by atoms with Crippen molar-refractivity contribution < 1.29 is 4.74 Å². The number of pyridine rings is 1. The number of aromatic nitrogens is 3. The topological polar surface area (TPSA) is 57.0 Å². The molecule has 3 rings (SSSR count). The highest BCUT2D eigenvalue weighted by molar-refractivity contribution is 7.99. The third-order valence-electron chi connectivity index (χ3n) is 4.43. The van der Waals surface area contributed by atoms with Crippen LogP contribution in [0.1, 0.15) is 25.0 Å². The Bertz CT molecular complexity index is 858. The summed E-state index contributed by atoms with van der Waals surface area (Å²) in [5.74, 6) is 0.742. The first-order valence-electron chi connectivity index (χ1n) is 8.31. The summed E-state index contributed by atoms with van der Waals surface area (Å²) in [6.45, 7) is 9.05. The molecule has 25 heavy (non-hydrogen) atoms. The first-order chi connectivity index (χ1) is 12.0. The molecule has 0 aliphatic heterocycles. The molecule has 0 saturated carbocycles. The summed E-state index contributed by atoms with van der Waals surface area (Å²) in [7, 11) is 1.67. The Labute approximate surface area is 152 Å². The van der Waals surface area contributed by atoms with E-state index in [0.717, 1.165) is 34.6 Å². The summed E-state index contributed by atoms with van der Waals surface area (Å²) in [6, 6.07) is 1.96. The number of hydrogen-bond acceptors (Lipinski definition) is 5. The molecule has 1 aliphatic carbocycles. The number of methoxy groups -OCH3 is 1. The largest absolute Gasteiger partial charge is 0.384 e. The summed E-state index contributed by atoms with van der Waals surface area (Å²) in [6.07, 6.45) is 6.16. The second-order valence-corrected chi connectivity index (χ2v) is 7.82. The van der Waals surface area contributed by atoms with E-state index in [9.17, 15) is 4.79 Å². The second-order valence-electron chi connectivity index (χ2n) is 6.76. The molecule has 0 spiro atoms. The molecule has 0 bridgehead atoms. The molecular formula is C19H23N3O2S. The fourth-order valence-corrected chi connectivity index (χ4v) is 4.22. The predicted octanol–water partition coefficient (Wildman–Crippen LogP) is 3.06. The SMILES string of the molecule is C=CCn1c(SCCOC)nc2c(c1=O)C(C)(C)Cc1cnccc1-2. The van der Waals surface area contributed by atoms with Crippen LogP contribution in [-0.2, 0) is 23.1 Å². The number of allylic oxidation sites excluding steroid dienone is 1. The van der Waals surface area contributed by atoms with Gasteiger partial charge in [-0.05, 0) is 18.1 Å². The molecule has 6 heteroatoms. The van der Waals surface area contributed by atoms with E-state index in [1.807, 2.05) is 12.3 Å². The minimum Gasteiger partial charge on any atom is -0.384 e. The van der Waals surface area contributed by atoms with Crippen LogP contribution in [-0.4, -0.2) is 34.0 Å².